The molecule has 4 aromatic rings. The highest BCUT2D eigenvalue weighted by atomic mass is 32.1. The maximum Gasteiger partial charge on any atom is 0.393 e. The standard InChI is InChI=1S/C25H28F3N7OS/c26-25(27,28)11-17-10-18-21(30-15-31-22(18)37-17)34-7-4-24(14-34)3-6-33(13-24)12-16-1-2-20-19(9-16)32-23(36)35(20)8-5-29/h1-2,9-10,15H,3-8,11-14,29H2,(H,32,36). The first kappa shape index (κ1) is 24.4. The highest BCUT2D eigenvalue weighted by Gasteiger charge is 2.44. The topological polar surface area (TPSA) is 96.1 Å². The third-order valence-electron chi connectivity index (χ3n) is 7.59. The van der Waals surface area contributed by atoms with Gasteiger partial charge in [-0.1, -0.05) is 6.07 Å². The van der Waals surface area contributed by atoms with Crippen molar-refractivity contribution in [2.75, 3.05) is 37.6 Å². The first-order valence-electron chi connectivity index (χ1n) is 12.4. The SMILES string of the molecule is NCCn1c(=O)[nH]c2cc(CN3CCC4(CCN(c5ncnc6sc(CC(F)(F)F)cc56)C4)C3)ccc21. The zero-order valence-electron chi connectivity index (χ0n) is 20.2. The summed E-state index contributed by atoms with van der Waals surface area (Å²) in [5.41, 5.74) is 8.47. The van der Waals surface area contributed by atoms with Gasteiger partial charge in [-0.15, -0.1) is 11.3 Å². The molecule has 12 heteroatoms. The molecule has 196 valence electrons. The fourth-order valence-corrected chi connectivity index (χ4v) is 6.98. The number of benzene rings is 1. The van der Waals surface area contributed by atoms with Crippen molar-refractivity contribution in [3.8, 4) is 0 Å². The minimum absolute atomic E-state index is 0.130. The Morgan fingerprint density at radius 3 is 2.78 bits per heavy atom. The number of halogens is 3. The molecule has 8 nitrogen and oxygen atoms in total. The molecule has 0 radical (unpaired) electrons. The summed E-state index contributed by atoms with van der Waals surface area (Å²) in [5.74, 6) is 0.737. The molecule has 37 heavy (non-hydrogen) atoms. The molecule has 2 aliphatic heterocycles. The summed E-state index contributed by atoms with van der Waals surface area (Å²) in [6.07, 6.45) is -1.65. The maximum absolute atomic E-state index is 12.9. The van der Waals surface area contributed by atoms with Crippen molar-refractivity contribution in [2.24, 2.45) is 11.1 Å². The van der Waals surface area contributed by atoms with Crippen molar-refractivity contribution in [3.63, 3.8) is 0 Å². The second kappa shape index (κ2) is 9.10. The number of rotatable bonds is 6. The first-order valence-corrected chi connectivity index (χ1v) is 13.2. The van der Waals surface area contributed by atoms with Crippen LogP contribution in [0.15, 0.2) is 35.4 Å². The third kappa shape index (κ3) is 4.73. The number of nitrogens with one attached hydrogen (secondary N) is 1. The van der Waals surface area contributed by atoms with Crippen molar-refractivity contribution in [2.45, 2.75) is 38.5 Å². The molecular weight excluding hydrogens is 503 g/mol. The van der Waals surface area contributed by atoms with Gasteiger partial charge in [-0.3, -0.25) is 9.47 Å². The average Bonchev–Trinajstić information content (AvgIpc) is 3.60. The summed E-state index contributed by atoms with van der Waals surface area (Å²) in [4.78, 5) is 29.4. The number of likely N-dealkylation sites (tertiary alicyclic amines) is 1. The van der Waals surface area contributed by atoms with Gasteiger partial charge in [0, 0.05) is 49.6 Å². The smallest absolute Gasteiger partial charge is 0.355 e. The van der Waals surface area contributed by atoms with E-state index in [1.165, 1.54) is 6.33 Å². The van der Waals surface area contributed by atoms with Gasteiger partial charge in [0.25, 0.3) is 0 Å². The minimum Gasteiger partial charge on any atom is -0.355 e. The number of H-pyrrole nitrogens is 1. The van der Waals surface area contributed by atoms with Crippen LogP contribution < -0.4 is 16.3 Å². The Labute approximate surface area is 214 Å². The van der Waals surface area contributed by atoms with Crippen molar-refractivity contribution in [1.29, 1.82) is 0 Å². The number of aromatic nitrogens is 4. The van der Waals surface area contributed by atoms with Gasteiger partial charge in [0.15, 0.2) is 0 Å². The van der Waals surface area contributed by atoms with Crippen LogP contribution in [0.25, 0.3) is 21.3 Å². The molecule has 3 aromatic heterocycles. The Morgan fingerprint density at radius 1 is 1.14 bits per heavy atom. The van der Waals surface area contributed by atoms with Gasteiger partial charge < -0.3 is 15.6 Å². The molecule has 3 N–H and O–H groups in total. The van der Waals surface area contributed by atoms with Crippen LogP contribution in [0.2, 0.25) is 0 Å². The van der Waals surface area contributed by atoms with Crippen molar-refractivity contribution in [1.82, 2.24) is 24.4 Å². The molecule has 2 saturated heterocycles. The molecule has 6 rings (SSSR count). The Morgan fingerprint density at radius 2 is 1.97 bits per heavy atom. The van der Waals surface area contributed by atoms with Crippen LogP contribution in [0.4, 0.5) is 19.0 Å². The number of nitrogens with two attached hydrogens (primary N) is 1. The van der Waals surface area contributed by atoms with Gasteiger partial charge in [0.05, 0.1) is 22.8 Å². The molecule has 5 heterocycles. The van der Waals surface area contributed by atoms with E-state index in [0.717, 1.165) is 79.3 Å². The number of nitrogens with zero attached hydrogens (tertiary/aromatic N) is 5. The van der Waals surface area contributed by atoms with Crippen LogP contribution in [0.3, 0.4) is 0 Å². The summed E-state index contributed by atoms with van der Waals surface area (Å²) in [6.45, 7) is 5.26. The van der Waals surface area contributed by atoms with Crippen molar-refractivity contribution < 1.29 is 13.2 Å². The molecule has 0 amide bonds. The summed E-state index contributed by atoms with van der Waals surface area (Å²) in [5, 5.41) is 0.711. The zero-order valence-corrected chi connectivity index (χ0v) is 21.0. The van der Waals surface area contributed by atoms with Gasteiger partial charge in [-0.2, -0.15) is 13.2 Å². The third-order valence-corrected chi connectivity index (χ3v) is 8.63. The van der Waals surface area contributed by atoms with E-state index in [9.17, 15) is 18.0 Å². The lowest BCUT2D eigenvalue weighted by atomic mass is 9.86. The van der Waals surface area contributed by atoms with Crippen LogP contribution >= 0.6 is 11.3 Å². The Hall–Kier alpha value is -2.96. The summed E-state index contributed by atoms with van der Waals surface area (Å²) in [7, 11) is 0. The Balaban J connectivity index is 1.16. The predicted octanol–water partition coefficient (Wildman–Crippen LogP) is 3.50. The molecule has 2 aliphatic rings. The van der Waals surface area contributed by atoms with Crippen LogP contribution in [0, 0.1) is 5.41 Å². The van der Waals surface area contributed by atoms with Crippen molar-refractivity contribution in [3.05, 3.63) is 51.5 Å². The molecule has 1 unspecified atom stereocenters. The first-order chi connectivity index (χ1) is 17.7. The monoisotopic (exact) mass is 531 g/mol. The molecule has 1 spiro atoms. The largest absolute Gasteiger partial charge is 0.393 e. The molecular formula is C25H28F3N7OS. The fraction of sp³-hybridized carbons (Fsp3) is 0.480. The van der Waals surface area contributed by atoms with E-state index in [1.807, 2.05) is 12.1 Å². The highest BCUT2D eigenvalue weighted by molar-refractivity contribution is 7.18. The van der Waals surface area contributed by atoms with Gasteiger partial charge in [-0.05, 0) is 43.1 Å². The zero-order chi connectivity index (χ0) is 25.8. The number of thiophene rings is 1. The van der Waals surface area contributed by atoms with Crippen LogP contribution in [0.5, 0.6) is 0 Å². The lowest BCUT2D eigenvalue weighted by molar-refractivity contribution is -0.126. The number of hydrogen-bond donors (Lipinski definition) is 2. The fourth-order valence-electron chi connectivity index (χ4n) is 5.96. The number of aromatic amines is 1. The van der Waals surface area contributed by atoms with Crippen LogP contribution in [-0.4, -0.2) is 63.3 Å². The Kier molecular flexibility index (Phi) is 6.00. The maximum atomic E-state index is 12.9. The lowest BCUT2D eigenvalue weighted by Crippen LogP contribution is -2.31. The van der Waals surface area contributed by atoms with Gasteiger partial charge >= 0.3 is 11.9 Å². The molecule has 0 aliphatic carbocycles. The van der Waals surface area contributed by atoms with Gasteiger partial charge in [0.1, 0.15) is 17.0 Å². The summed E-state index contributed by atoms with van der Waals surface area (Å²) < 4.78 is 40.4. The van der Waals surface area contributed by atoms with Crippen molar-refractivity contribution >= 4 is 38.4 Å². The predicted molar refractivity (Wildman–Crippen MR) is 138 cm³/mol. The number of anilines is 1. The van der Waals surface area contributed by atoms with E-state index in [2.05, 4.69) is 30.8 Å². The van der Waals surface area contributed by atoms with E-state index in [-0.39, 0.29) is 16.0 Å². The Bertz CT molecular complexity index is 1510. The van der Waals surface area contributed by atoms with Gasteiger partial charge in [-0.25, -0.2) is 14.8 Å². The average molecular weight is 532 g/mol. The number of hydrogen-bond acceptors (Lipinski definition) is 7. The molecule has 1 aromatic carbocycles. The molecule has 2 fully saturated rings. The van der Waals surface area contributed by atoms with E-state index in [0.29, 0.717) is 23.3 Å². The van der Waals surface area contributed by atoms with Gasteiger partial charge in [0.2, 0.25) is 0 Å². The quantitative estimate of drug-likeness (QED) is 0.396. The molecule has 1 atom stereocenters. The number of fused-ring (bicyclic) bond motifs is 2. The van der Waals surface area contributed by atoms with E-state index >= 15 is 0 Å². The second-order valence-corrected chi connectivity index (χ2v) is 11.4. The number of imidazole rings is 1. The number of alkyl halides is 3. The molecule has 0 bridgehead atoms. The second-order valence-electron chi connectivity index (χ2n) is 10.3. The highest BCUT2D eigenvalue weighted by Crippen LogP contribution is 2.43. The van der Waals surface area contributed by atoms with E-state index in [1.54, 1.807) is 10.6 Å². The molecule has 0 saturated carbocycles. The lowest BCUT2D eigenvalue weighted by Gasteiger charge is -2.25. The minimum atomic E-state index is -4.24. The summed E-state index contributed by atoms with van der Waals surface area (Å²) >= 11 is 1.09. The normalized spacial score (nSPS) is 20.8. The summed E-state index contributed by atoms with van der Waals surface area (Å²) in [6, 6.07) is 7.70. The van der Waals surface area contributed by atoms with Crippen LogP contribution in [-0.2, 0) is 19.5 Å². The van der Waals surface area contributed by atoms with E-state index in [4.69, 9.17) is 5.73 Å². The van der Waals surface area contributed by atoms with E-state index < -0.39 is 12.6 Å². The van der Waals surface area contributed by atoms with Crippen LogP contribution in [0.1, 0.15) is 23.3 Å².